The largest absolute Gasteiger partial charge is 0.456 e. The van der Waals surface area contributed by atoms with E-state index in [1.807, 2.05) is 6.07 Å². The van der Waals surface area contributed by atoms with Gasteiger partial charge in [-0.15, -0.1) is 0 Å². The van der Waals surface area contributed by atoms with Crippen molar-refractivity contribution in [1.82, 2.24) is 0 Å². The van der Waals surface area contributed by atoms with E-state index >= 15 is 0 Å². The van der Waals surface area contributed by atoms with Gasteiger partial charge in [0, 0.05) is 16.5 Å². The van der Waals surface area contributed by atoms with Gasteiger partial charge in [0.1, 0.15) is 11.2 Å². The van der Waals surface area contributed by atoms with Gasteiger partial charge in [0.2, 0.25) is 0 Å². The maximum absolute atomic E-state index is 6.51. The molecule has 0 unspecified atom stereocenters. The lowest BCUT2D eigenvalue weighted by Crippen LogP contribution is -2.13. The molecule has 0 amide bonds. The highest BCUT2D eigenvalue weighted by Gasteiger charge is 2.25. The summed E-state index contributed by atoms with van der Waals surface area (Å²) in [5, 5.41) is 2.16. The Kier molecular flexibility index (Phi) is 8.55. The van der Waals surface area contributed by atoms with Crippen LogP contribution >= 0.6 is 0 Å². The Morgan fingerprint density at radius 2 is 0.661 bits per heavy atom. The second kappa shape index (κ2) is 14.4. The monoisotopic (exact) mass is 715 g/mol. The van der Waals surface area contributed by atoms with Crippen LogP contribution in [0.5, 0.6) is 0 Å². The number of benzene rings is 9. The van der Waals surface area contributed by atoms with Gasteiger partial charge in [-0.2, -0.15) is 0 Å². The maximum atomic E-state index is 6.51. The highest BCUT2D eigenvalue weighted by Crippen LogP contribution is 2.50. The quantitative estimate of drug-likeness (QED) is 0.156. The SMILES string of the molecule is c1ccc(-c2ccc(-c3ccccc3N(c3ccccc3-c3ccccc3-c3ccccc3-c3ccccc3)c3cccc4oc5ccccc5c34)cc2)cc1. The zero-order valence-electron chi connectivity index (χ0n) is 30.7. The first-order valence-corrected chi connectivity index (χ1v) is 19.1. The van der Waals surface area contributed by atoms with Crippen LogP contribution in [0, 0.1) is 0 Å². The standard InChI is InChI=1S/C54H37NO/c1-3-18-38(19-4-1)39-34-36-41(37-35-39)43-23-11-14-29-49(43)55(51-31-17-33-53-54(51)48-28-13-16-32-52(48)56-53)50-30-15-12-27-47(50)46-26-10-9-25-45(46)44-24-8-7-22-42(44)40-20-5-2-6-21-40/h1-37H. The molecule has 10 rings (SSSR count). The molecule has 0 saturated carbocycles. The third-order valence-corrected chi connectivity index (χ3v) is 10.7. The Bertz CT molecular complexity index is 2960. The van der Waals surface area contributed by atoms with Crippen LogP contribution in [0.25, 0.3) is 77.6 Å². The summed E-state index contributed by atoms with van der Waals surface area (Å²) in [4.78, 5) is 2.44. The molecule has 1 aromatic heterocycles. The third kappa shape index (κ3) is 5.95. The summed E-state index contributed by atoms with van der Waals surface area (Å²) >= 11 is 0. The molecule has 0 aliphatic rings. The number of anilines is 3. The summed E-state index contributed by atoms with van der Waals surface area (Å²) in [5.74, 6) is 0. The number of furan rings is 1. The van der Waals surface area contributed by atoms with Crippen molar-refractivity contribution in [3.63, 3.8) is 0 Å². The molecular weight excluding hydrogens is 679 g/mol. The predicted octanol–water partition coefficient (Wildman–Crippen LogP) is 15.4. The molecule has 56 heavy (non-hydrogen) atoms. The lowest BCUT2D eigenvalue weighted by atomic mass is 9.88. The first-order valence-electron chi connectivity index (χ1n) is 19.1. The predicted molar refractivity (Wildman–Crippen MR) is 236 cm³/mol. The Hall–Kier alpha value is -7.42. The molecule has 0 aliphatic heterocycles. The van der Waals surface area contributed by atoms with E-state index in [4.69, 9.17) is 4.42 Å². The van der Waals surface area contributed by atoms with E-state index in [-0.39, 0.29) is 0 Å². The molecule has 0 atom stereocenters. The van der Waals surface area contributed by atoms with Gasteiger partial charge in [-0.25, -0.2) is 0 Å². The van der Waals surface area contributed by atoms with Crippen molar-refractivity contribution in [2.75, 3.05) is 4.90 Å². The van der Waals surface area contributed by atoms with Gasteiger partial charge < -0.3 is 9.32 Å². The summed E-state index contributed by atoms with van der Waals surface area (Å²) in [7, 11) is 0. The van der Waals surface area contributed by atoms with Crippen molar-refractivity contribution in [2.24, 2.45) is 0 Å². The fraction of sp³-hybridized carbons (Fsp3) is 0. The second-order valence-electron chi connectivity index (χ2n) is 14.0. The van der Waals surface area contributed by atoms with E-state index in [0.717, 1.165) is 61.3 Å². The molecule has 2 nitrogen and oxygen atoms in total. The molecule has 0 N–H and O–H groups in total. The molecule has 2 heteroatoms. The summed E-state index contributed by atoms with van der Waals surface area (Å²) in [6.45, 7) is 0. The van der Waals surface area contributed by atoms with Crippen LogP contribution in [0.15, 0.2) is 229 Å². The first-order chi connectivity index (χ1) is 27.8. The van der Waals surface area contributed by atoms with Gasteiger partial charge in [-0.05, 0) is 74.8 Å². The zero-order valence-corrected chi connectivity index (χ0v) is 30.7. The van der Waals surface area contributed by atoms with Crippen molar-refractivity contribution in [2.45, 2.75) is 0 Å². The topological polar surface area (TPSA) is 16.4 Å². The Balaban J connectivity index is 1.22. The van der Waals surface area contributed by atoms with E-state index in [2.05, 4.69) is 223 Å². The first kappa shape index (κ1) is 33.2. The van der Waals surface area contributed by atoms with Gasteiger partial charge >= 0.3 is 0 Å². The molecule has 1 heterocycles. The van der Waals surface area contributed by atoms with Crippen LogP contribution in [0.3, 0.4) is 0 Å². The van der Waals surface area contributed by atoms with Crippen LogP contribution in [-0.2, 0) is 0 Å². The number of nitrogens with zero attached hydrogens (tertiary/aromatic N) is 1. The highest BCUT2D eigenvalue weighted by molar-refractivity contribution is 6.14. The fourth-order valence-electron chi connectivity index (χ4n) is 8.15. The van der Waals surface area contributed by atoms with E-state index in [9.17, 15) is 0 Å². The Morgan fingerprint density at radius 3 is 1.36 bits per heavy atom. The molecule has 10 aromatic rings. The number of fused-ring (bicyclic) bond motifs is 3. The van der Waals surface area contributed by atoms with Gasteiger partial charge in [0.25, 0.3) is 0 Å². The molecule has 0 radical (unpaired) electrons. The zero-order chi connectivity index (χ0) is 37.3. The van der Waals surface area contributed by atoms with E-state index in [1.54, 1.807) is 0 Å². The molecule has 0 spiro atoms. The normalized spacial score (nSPS) is 11.2. The highest BCUT2D eigenvalue weighted by atomic mass is 16.3. The summed E-state index contributed by atoms with van der Waals surface area (Å²) in [6.07, 6.45) is 0. The molecular formula is C54H37NO. The van der Waals surface area contributed by atoms with Gasteiger partial charge in [-0.1, -0.05) is 194 Å². The van der Waals surface area contributed by atoms with E-state index in [1.165, 1.54) is 33.4 Å². The Morgan fingerprint density at radius 1 is 0.250 bits per heavy atom. The fourth-order valence-corrected chi connectivity index (χ4v) is 8.15. The van der Waals surface area contributed by atoms with Crippen LogP contribution in [0.1, 0.15) is 0 Å². The minimum Gasteiger partial charge on any atom is -0.456 e. The van der Waals surface area contributed by atoms with Crippen molar-refractivity contribution >= 4 is 39.0 Å². The van der Waals surface area contributed by atoms with Crippen LogP contribution < -0.4 is 4.90 Å². The molecule has 0 bridgehead atoms. The summed E-state index contributed by atoms with van der Waals surface area (Å²) in [5.41, 5.74) is 16.6. The minimum atomic E-state index is 0.855. The molecule has 9 aromatic carbocycles. The molecule has 264 valence electrons. The third-order valence-electron chi connectivity index (χ3n) is 10.7. The van der Waals surface area contributed by atoms with E-state index < -0.39 is 0 Å². The molecule has 0 fully saturated rings. The van der Waals surface area contributed by atoms with Crippen molar-refractivity contribution in [1.29, 1.82) is 0 Å². The average molecular weight is 716 g/mol. The van der Waals surface area contributed by atoms with E-state index in [0.29, 0.717) is 0 Å². The lowest BCUT2D eigenvalue weighted by molar-refractivity contribution is 0.669. The average Bonchev–Trinajstić information content (AvgIpc) is 3.67. The second-order valence-corrected chi connectivity index (χ2v) is 14.0. The van der Waals surface area contributed by atoms with Crippen LogP contribution in [-0.4, -0.2) is 0 Å². The number of para-hydroxylation sites is 3. The lowest BCUT2D eigenvalue weighted by Gasteiger charge is -2.31. The molecule has 0 aliphatic carbocycles. The smallest absolute Gasteiger partial charge is 0.137 e. The summed E-state index contributed by atoms with van der Waals surface area (Å²) < 4.78 is 6.51. The van der Waals surface area contributed by atoms with Gasteiger partial charge in [0.05, 0.1) is 22.4 Å². The van der Waals surface area contributed by atoms with Crippen molar-refractivity contribution in [3.8, 4) is 55.6 Å². The minimum absolute atomic E-state index is 0.855. The Labute approximate surface area is 327 Å². The van der Waals surface area contributed by atoms with Crippen LogP contribution in [0.4, 0.5) is 17.1 Å². The number of rotatable bonds is 8. The molecule has 0 saturated heterocycles. The van der Waals surface area contributed by atoms with Crippen molar-refractivity contribution in [3.05, 3.63) is 224 Å². The van der Waals surface area contributed by atoms with Gasteiger partial charge in [-0.3, -0.25) is 0 Å². The maximum Gasteiger partial charge on any atom is 0.137 e. The van der Waals surface area contributed by atoms with Gasteiger partial charge in [0.15, 0.2) is 0 Å². The van der Waals surface area contributed by atoms with Crippen LogP contribution in [0.2, 0.25) is 0 Å². The van der Waals surface area contributed by atoms with Crippen molar-refractivity contribution < 1.29 is 4.42 Å². The summed E-state index contributed by atoms with van der Waals surface area (Å²) in [6, 6.07) is 80.1. The number of hydrogen-bond donors (Lipinski definition) is 0. The number of hydrogen-bond acceptors (Lipinski definition) is 2.